The molecule has 1 fully saturated rings. The van der Waals surface area contributed by atoms with Gasteiger partial charge in [0.25, 0.3) is 6.43 Å². The van der Waals surface area contributed by atoms with Crippen LogP contribution in [0.3, 0.4) is 0 Å². The molecule has 1 saturated heterocycles. The van der Waals surface area contributed by atoms with Crippen molar-refractivity contribution in [1.29, 1.82) is 0 Å². The van der Waals surface area contributed by atoms with Crippen LogP contribution >= 0.6 is 0 Å². The first-order chi connectivity index (χ1) is 10.2. The monoisotopic (exact) mass is 289 g/mol. The van der Waals surface area contributed by atoms with Crippen LogP contribution in [0.25, 0.3) is 11.1 Å². The van der Waals surface area contributed by atoms with Gasteiger partial charge in [0.2, 0.25) is 0 Å². The van der Waals surface area contributed by atoms with E-state index in [0.717, 1.165) is 29.9 Å². The van der Waals surface area contributed by atoms with Gasteiger partial charge in [0.1, 0.15) is 0 Å². The van der Waals surface area contributed by atoms with Gasteiger partial charge in [-0.15, -0.1) is 0 Å². The van der Waals surface area contributed by atoms with Crippen molar-refractivity contribution in [2.75, 3.05) is 31.2 Å². The van der Waals surface area contributed by atoms with E-state index in [1.165, 1.54) is 0 Å². The third-order valence-electron chi connectivity index (χ3n) is 3.68. The van der Waals surface area contributed by atoms with Crippen LogP contribution in [0.4, 0.5) is 14.5 Å². The lowest BCUT2D eigenvalue weighted by molar-refractivity contribution is 0.122. The van der Waals surface area contributed by atoms with Crippen LogP contribution in [-0.4, -0.2) is 26.3 Å². The number of nitrogens with zero attached hydrogens (tertiary/aromatic N) is 1. The van der Waals surface area contributed by atoms with E-state index in [1.807, 2.05) is 36.4 Å². The Labute approximate surface area is 123 Å². The van der Waals surface area contributed by atoms with Crippen molar-refractivity contribution in [2.24, 2.45) is 0 Å². The Bertz CT molecular complexity index is 595. The number of anilines is 1. The quantitative estimate of drug-likeness (QED) is 0.842. The molecule has 4 heteroatoms. The Hall–Kier alpha value is -1.94. The van der Waals surface area contributed by atoms with Crippen molar-refractivity contribution < 1.29 is 13.5 Å². The Morgan fingerprint density at radius 1 is 0.905 bits per heavy atom. The number of rotatable bonds is 3. The van der Waals surface area contributed by atoms with Crippen molar-refractivity contribution in [3.63, 3.8) is 0 Å². The molecule has 110 valence electrons. The largest absolute Gasteiger partial charge is 0.378 e. The van der Waals surface area contributed by atoms with Gasteiger partial charge in [0, 0.05) is 24.3 Å². The highest BCUT2D eigenvalue weighted by Gasteiger charge is 2.16. The van der Waals surface area contributed by atoms with Crippen LogP contribution < -0.4 is 4.90 Å². The zero-order chi connectivity index (χ0) is 14.7. The van der Waals surface area contributed by atoms with Gasteiger partial charge in [-0.05, 0) is 29.3 Å². The molecular formula is C17H17F2NO. The maximum absolute atomic E-state index is 13.2. The highest BCUT2D eigenvalue weighted by atomic mass is 19.3. The molecule has 0 bridgehead atoms. The molecule has 0 aromatic heterocycles. The SMILES string of the molecule is FC(F)c1cc(-c2ccccc2)cc(N2CCOCC2)c1. The number of ether oxygens (including phenoxy) is 1. The van der Waals surface area contributed by atoms with E-state index >= 15 is 0 Å². The Morgan fingerprint density at radius 3 is 2.29 bits per heavy atom. The summed E-state index contributed by atoms with van der Waals surface area (Å²) in [6.07, 6.45) is -2.46. The molecule has 0 saturated carbocycles. The molecule has 2 nitrogen and oxygen atoms in total. The van der Waals surface area contributed by atoms with Crippen molar-refractivity contribution >= 4 is 5.69 Å². The lowest BCUT2D eigenvalue weighted by Crippen LogP contribution is -2.36. The molecule has 0 atom stereocenters. The second kappa shape index (κ2) is 6.22. The van der Waals surface area contributed by atoms with E-state index in [0.29, 0.717) is 13.2 Å². The predicted molar refractivity (Wildman–Crippen MR) is 79.9 cm³/mol. The molecule has 2 aromatic rings. The topological polar surface area (TPSA) is 12.5 Å². The maximum atomic E-state index is 13.2. The van der Waals surface area contributed by atoms with Gasteiger partial charge in [0.15, 0.2) is 0 Å². The summed E-state index contributed by atoms with van der Waals surface area (Å²) in [4.78, 5) is 2.10. The normalized spacial score (nSPS) is 15.5. The zero-order valence-electron chi connectivity index (χ0n) is 11.6. The fourth-order valence-corrected chi connectivity index (χ4v) is 2.56. The lowest BCUT2D eigenvalue weighted by Gasteiger charge is -2.29. The molecule has 0 amide bonds. The first kappa shape index (κ1) is 14.0. The number of halogens is 2. The molecule has 0 radical (unpaired) electrons. The van der Waals surface area contributed by atoms with Gasteiger partial charge in [-0.3, -0.25) is 0 Å². The molecule has 1 aliphatic rings. The summed E-state index contributed by atoms with van der Waals surface area (Å²) in [5.74, 6) is 0. The molecule has 21 heavy (non-hydrogen) atoms. The fraction of sp³-hybridized carbons (Fsp3) is 0.294. The third-order valence-corrected chi connectivity index (χ3v) is 3.68. The third kappa shape index (κ3) is 3.22. The molecule has 0 unspecified atom stereocenters. The molecule has 1 heterocycles. The van der Waals surface area contributed by atoms with E-state index in [4.69, 9.17) is 4.74 Å². The molecule has 0 spiro atoms. The first-order valence-electron chi connectivity index (χ1n) is 7.05. The van der Waals surface area contributed by atoms with Gasteiger partial charge < -0.3 is 9.64 Å². The highest BCUT2D eigenvalue weighted by Crippen LogP contribution is 2.31. The molecule has 0 aliphatic carbocycles. The lowest BCUT2D eigenvalue weighted by atomic mass is 10.0. The average molecular weight is 289 g/mol. The highest BCUT2D eigenvalue weighted by molar-refractivity contribution is 5.70. The minimum Gasteiger partial charge on any atom is -0.378 e. The maximum Gasteiger partial charge on any atom is 0.263 e. The zero-order valence-corrected chi connectivity index (χ0v) is 11.6. The van der Waals surface area contributed by atoms with Crippen LogP contribution in [-0.2, 0) is 4.74 Å². The van der Waals surface area contributed by atoms with Gasteiger partial charge in [0.05, 0.1) is 13.2 Å². The molecule has 0 N–H and O–H groups in total. The Balaban J connectivity index is 2.01. The first-order valence-corrected chi connectivity index (χ1v) is 7.05. The average Bonchev–Trinajstić information content (AvgIpc) is 2.56. The van der Waals surface area contributed by atoms with E-state index in [1.54, 1.807) is 12.1 Å². The van der Waals surface area contributed by atoms with Gasteiger partial charge in [-0.2, -0.15) is 0 Å². The Morgan fingerprint density at radius 2 is 1.62 bits per heavy atom. The summed E-state index contributed by atoms with van der Waals surface area (Å²) in [5, 5.41) is 0. The summed E-state index contributed by atoms with van der Waals surface area (Å²) in [6.45, 7) is 2.75. The Kier molecular flexibility index (Phi) is 4.15. The van der Waals surface area contributed by atoms with Crippen molar-refractivity contribution in [3.8, 4) is 11.1 Å². The van der Waals surface area contributed by atoms with Gasteiger partial charge in [-0.25, -0.2) is 8.78 Å². The number of hydrogen-bond donors (Lipinski definition) is 0. The molecule has 2 aromatic carbocycles. The van der Waals surface area contributed by atoms with Crippen LogP contribution in [0.5, 0.6) is 0 Å². The standard InChI is InChI=1S/C17H17F2NO/c18-17(19)15-10-14(13-4-2-1-3-5-13)11-16(12-15)20-6-8-21-9-7-20/h1-5,10-12,17H,6-9H2. The van der Waals surface area contributed by atoms with Crippen molar-refractivity contribution in [2.45, 2.75) is 6.43 Å². The number of benzene rings is 2. The van der Waals surface area contributed by atoms with Crippen LogP contribution in [0.15, 0.2) is 48.5 Å². The summed E-state index contributed by atoms with van der Waals surface area (Å²) in [6, 6.07) is 14.8. The summed E-state index contributed by atoms with van der Waals surface area (Å²) < 4.78 is 31.7. The summed E-state index contributed by atoms with van der Waals surface area (Å²) >= 11 is 0. The van der Waals surface area contributed by atoms with Gasteiger partial charge >= 0.3 is 0 Å². The minimum absolute atomic E-state index is 0.0674. The van der Waals surface area contributed by atoms with Crippen LogP contribution in [0.1, 0.15) is 12.0 Å². The van der Waals surface area contributed by atoms with E-state index < -0.39 is 6.43 Å². The molecule has 3 rings (SSSR count). The summed E-state index contributed by atoms with van der Waals surface area (Å²) in [5.41, 5.74) is 2.69. The predicted octanol–water partition coefficient (Wildman–Crippen LogP) is 4.13. The molecular weight excluding hydrogens is 272 g/mol. The van der Waals surface area contributed by atoms with E-state index in [9.17, 15) is 8.78 Å². The summed E-state index contributed by atoms with van der Waals surface area (Å²) in [7, 11) is 0. The fourth-order valence-electron chi connectivity index (χ4n) is 2.56. The molecule has 1 aliphatic heterocycles. The second-order valence-corrected chi connectivity index (χ2v) is 5.08. The van der Waals surface area contributed by atoms with Crippen molar-refractivity contribution in [3.05, 3.63) is 54.1 Å². The number of hydrogen-bond acceptors (Lipinski definition) is 2. The smallest absolute Gasteiger partial charge is 0.263 e. The number of morpholine rings is 1. The number of alkyl halides is 2. The minimum atomic E-state index is -2.46. The second-order valence-electron chi connectivity index (χ2n) is 5.08. The van der Waals surface area contributed by atoms with Crippen LogP contribution in [0.2, 0.25) is 0 Å². The van der Waals surface area contributed by atoms with E-state index in [-0.39, 0.29) is 5.56 Å². The van der Waals surface area contributed by atoms with Gasteiger partial charge in [-0.1, -0.05) is 30.3 Å². The van der Waals surface area contributed by atoms with Crippen molar-refractivity contribution in [1.82, 2.24) is 0 Å². The van der Waals surface area contributed by atoms with Crippen LogP contribution in [0, 0.1) is 0 Å². The van der Waals surface area contributed by atoms with E-state index in [2.05, 4.69) is 4.90 Å².